The van der Waals surface area contributed by atoms with E-state index < -0.39 is 27.5 Å². The van der Waals surface area contributed by atoms with Gasteiger partial charge in [0.1, 0.15) is 33.1 Å². The lowest BCUT2D eigenvalue weighted by atomic mass is 10.0. The molecule has 0 bridgehead atoms. The first kappa shape index (κ1) is 24.6. The number of hydrogen-bond donors (Lipinski definition) is 1. The molecule has 0 aromatic heterocycles. The second kappa shape index (κ2) is 10.6. The second-order valence-electron chi connectivity index (χ2n) is 9.26. The largest absolute Gasteiger partial charge is 0.598 e. The summed E-state index contributed by atoms with van der Waals surface area (Å²) in [5.74, 6) is 0.818. The van der Waals surface area contributed by atoms with Crippen molar-refractivity contribution >= 4 is 28.9 Å². The first-order chi connectivity index (χ1) is 13.5. The van der Waals surface area contributed by atoms with Gasteiger partial charge < -0.3 is 18.6 Å². The summed E-state index contributed by atoms with van der Waals surface area (Å²) in [6, 6.07) is -0.00595. The van der Waals surface area contributed by atoms with Crippen LogP contribution in [0.4, 0.5) is 0 Å². The van der Waals surface area contributed by atoms with E-state index in [0.717, 1.165) is 31.4 Å². The smallest absolute Gasteiger partial charge is 0.146 e. The Morgan fingerprint density at radius 2 is 1.97 bits per heavy atom. The van der Waals surface area contributed by atoms with Gasteiger partial charge in [-0.25, -0.2) is 0 Å². The molecule has 2 aliphatic heterocycles. The molecule has 1 N–H and O–H groups in total. The predicted molar refractivity (Wildman–Crippen MR) is 121 cm³/mol. The molecule has 166 valence electrons. The van der Waals surface area contributed by atoms with Crippen molar-refractivity contribution in [3.63, 3.8) is 0 Å². The molecule has 0 spiro atoms. The van der Waals surface area contributed by atoms with E-state index in [9.17, 15) is 9.11 Å². The van der Waals surface area contributed by atoms with E-state index in [1.807, 2.05) is 47.6 Å². The molecule has 2 aliphatic rings. The van der Waals surface area contributed by atoms with Crippen molar-refractivity contribution in [3.05, 3.63) is 24.2 Å². The van der Waals surface area contributed by atoms with Crippen molar-refractivity contribution in [1.29, 1.82) is 0 Å². The summed E-state index contributed by atoms with van der Waals surface area (Å²) in [5.41, 5.74) is 0. The zero-order valence-electron chi connectivity index (χ0n) is 18.5. The van der Waals surface area contributed by atoms with Crippen molar-refractivity contribution in [3.8, 4) is 0 Å². The molecule has 0 saturated carbocycles. The predicted octanol–water partition coefficient (Wildman–Crippen LogP) is 4.09. The molecule has 0 fully saturated rings. The summed E-state index contributed by atoms with van der Waals surface area (Å²) in [6.07, 6.45) is 11.4. The molecule has 2 heterocycles. The summed E-state index contributed by atoms with van der Waals surface area (Å²) < 4.78 is 43.3. The molecule has 0 aromatic carbocycles. The average molecular weight is 445 g/mol. The fraction of sp³-hybridized carbons (Fsp3) is 0.762. The van der Waals surface area contributed by atoms with Gasteiger partial charge >= 0.3 is 0 Å². The van der Waals surface area contributed by atoms with Gasteiger partial charge in [-0.2, -0.15) is 0 Å². The van der Waals surface area contributed by atoms with E-state index >= 15 is 0 Å². The summed E-state index contributed by atoms with van der Waals surface area (Å²) in [7, 11) is 0. The zero-order chi connectivity index (χ0) is 21.7. The molecule has 29 heavy (non-hydrogen) atoms. The van der Waals surface area contributed by atoms with Gasteiger partial charge in [-0.1, -0.05) is 4.40 Å². The van der Waals surface area contributed by atoms with Crippen LogP contribution in [0.2, 0.25) is 0 Å². The molecule has 0 radical (unpaired) electrons. The van der Waals surface area contributed by atoms with Crippen molar-refractivity contribution in [2.45, 2.75) is 101 Å². The third-order valence-corrected chi connectivity index (χ3v) is 7.99. The summed E-state index contributed by atoms with van der Waals surface area (Å²) in [6.45, 7) is 11.6. The molecular formula is C21H36N2O4S2. The van der Waals surface area contributed by atoms with Crippen molar-refractivity contribution in [2.24, 2.45) is 4.40 Å². The highest BCUT2D eigenvalue weighted by atomic mass is 32.2. The molecule has 0 amide bonds. The van der Waals surface area contributed by atoms with E-state index in [-0.39, 0.29) is 23.0 Å². The van der Waals surface area contributed by atoms with Crippen LogP contribution in [0.1, 0.15) is 73.6 Å². The first-order valence-electron chi connectivity index (χ1n) is 10.3. The minimum absolute atomic E-state index is 0.00595. The Labute approximate surface area is 182 Å². The SMILES string of the molecule is CC(N[S+]([O-])C(C)(C)CC1=CCCC(/C=N/[S+]([O-])C(C)(C)C)O1)C1CCC=CO1. The highest BCUT2D eigenvalue weighted by Gasteiger charge is 2.38. The van der Waals surface area contributed by atoms with Gasteiger partial charge in [0, 0.05) is 11.4 Å². The van der Waals surface area contributed by atoms with Crippen LogP contribution in [0, 0.1) is 0 Å². The summed E-state index contributed by atoms with van der Waals surface area (Å²) >= 11 is -2.55. The maximum absolute atomic E-state index is 13.0. The minimum Gasteiger partial charge on any atom is -0.598 e. The third-order valence-electron chi connectivity index (χ3n) is 4.89. The van der Waals surface area contributed by atoms with Crippen molar-refractivity contribution in [1.82, 2.24) is 4.72 Å². The normalized spacial score (nSPS) is 26.4. The topological polar surface area (TPSA) is 89.0 Å². The molecule has 0 aliphatic carbocycles. The maximum Gasteiger partial charge on any atom is 0.146 e. The molecule has 0 aromatic rings. The first-order valence-corrected chi connectivity index (χ1v) is 12.5. The average Bonchev–Trinajstić information content (AvgIpc) is 2.65. The third kappa shape index (κ3) is 7.83. The van der Waals surface area contributed by atoms with Crippen LogP contribution in [0.25, 0.3) is 0 Å². The van der Waals surface area contributed by atoms with Crippen LogP contribution in [0.3, 0.4) is 0 Å². The molecule has 2 rings (SSSR count). The lowest BCUT2D eigenvalue weighted by Gasteiger charge is -2.34. The van der Waals surface area contributed by atoms with Crippen molar-refractivity contribution < 1.29 is 18.6 Å². The van der Waals surface area contributed by atoms with Crippen LogP contribution < -0.4 is 4.72 Å². The fourth-order valence-electron chi connectivity index (χ4n) is 3.02. The van der Waals surface area contributed by atoms with Crippen LogP contribution in [0.5, 0.6) is 0 Å². The zero-order valence-corrected chi connectivity index (χ0v) is 20.1. The van der Waals surface area contributed by atoms with E-state index in [2.05, 4.69) is 15.2 Å². The van der Waals surface area contributed by atoms with Gasteiger partial charge in [0.25, 0.3) is 0 Å². The second-order valence-corrected chi connectivity index (χ2v) is 13.1. The molecule has 5 atom stereocenters. The molecule has 0 saturated heterocycles. The van der Waals surface area contributed by atoms with E-state index in [1.165, 1.54) is 0 Å². The van der Waals surface area contributed by atoms with E-state index in [1.54, 1.807) is 12.5 Å². The monoisotopic (exact) mass is 444 g/mol. The van der Waals surface area contributed by atoms with Crippen LogP contribution in [-0.4, -0.2) is 43.1 Å². The van der Waals surface area contributed by atoms with Gasteiger partial charge in [-0.15, -0.1) is 4.72 Å². The maximum atomic E-state index is 13.0. The fourth-order valence-corrected chi connectivity index (χ4v) is 4.66. The molecule has 8 heteroatoms. The quantitative estimate of drug-likeness (QED) is 0.450. The summed E-state index contributed by atoms with van der Waals surface area (Å²) in [5, 5.41) is 0. The Kier molecular flexibility index (Phi) is 8.97. The van der Waals surface area contributed by atoms with Crippen molar-refractivity contribution in [2.75, 3.05) is 0 Å². The molecular weight excluding hydrogens is 408 g/mol. The number of allylic oxidation sites excluding steroid dienone is 3. The van der Waals surface area contributed by atoms with E-state index in [4.69, 9.17) is 9.47 Å². The molecule has 6 nitrogen and oxygen atoms in total. The molecule has 5 unspecified atom stereocenters. The Morgan fingerprint density at radius 3 is 2.59 bits per heavy atom. The van der Waals surface area contributed by atoms with Gasteiger partial charge in [0.15, 0.2) is 0 Å². The Balaban J connectivity index is 1.88. The summed E-state index contributed by atoms with van der Waals surface area (Å²) in [4.78, 5) is 0. The Hall–Kier alpha value is -0.670. The van der Waals surface area contributed by atoms with Crippen LogP contribution in [0.15, 0.2) is 28.6 Å². The van der Waals surface area contributed by atoms with Gasteiger partial charge in [-0.05, 0) is 79.4 Å². The number of nitrogens with zero attached hydrogens (tertiary/aromatic N) is 1. The highest BCUT2D eigenvalue weighted by Crippen LogP contribution is 2.30. The standard InChI is InChI=1S/C21H36N2O4S2/c1-16(19-12-7-8-13-26-19)23-29(25)21(5,6)14-17-10-9-11-18(27-17)15-22-28(24)20(2,3)4/h8,10,13,15-16,18-19,23H,7,9,11-12,14H2,1-6H3/b22-15+. The lowest BCUT2D eigenvalue weighted by Crippen LogP contribution is -2.50. The van der Waals surface area contributed by atoms with Crippen LogP contribution in [-0.2, 0) is 32.2 Å². The Morgan fingerprint density at radius 1 is 1.24 bits per heavy atom. The Bertz CT molecular complexity index is 616. The van der Waals surface area contributed by atoms with Crippen LogP contribution >= 0.6 is 0 Å². The van der Waals surface area contributed by atoms with E-state index in [0.29, 0.717) is 6.42 Å². The van der Waals surface area contributed by atoms with Gasteiger partial charge in [0.05, 0.1) is 30.7 Å². The van der Waals surface area contributed by atoms with Gasteiger partial charge in [0.2, 0.25) is 0 Å². The van der Waals surface area contributed by atoms with Gasteiger partial charge in [-0.3, -0.25) is 0 Å². The lowest BCUT2D eigenvalue weighted by molar-refractivity contribution is 0.0989. The highest BCUT2D eigenvalue weighted by molar-refractivity contribution is 7.91. The number of ether oxygens (including phenoxy) is 2. The number of nitrogens with one attached hydrogen (secondary N) is 1. The number of hydrogen-bond acceptors (Lipinski definition) is 6. The minimum atomic E-state index is -1.29. The number of rotatable bonds is 8.